The molecule has 17 heavy (non-hydrogen) atoms. The van der Waals surface area contributed by atoms with Crippen LogP contribution < -0.4 is 5.32 Å². The summed E-state index contributed by atoms with van der Waals surface area (Å²) in [7, 11) is -2.85. The second kappa shape index (κ2) is 6.01. The van der Waals surface area contributed by atoms with E-state index in [1.54, 1.807) is 0 Å². The van der Waals surface area contributed by atoms with Crippen molar-refractivity contribution < 1.29 is 8.42 Å². The van der Waals surface area contributed by atoms with E-state index in [-0.39, 0.29) is 16.7 Å². The van der Waals surface area contributed by atoms with Gasteiger partial charge in [0.05, 0.1) is 0 Å². The lowest BCUT2D eigenvalue weighted by atomic mass is 9.85. The summed E-state index contributed by atoms with van der Waals surface area (Å²) in [6.45, 7) is 13.1. The minimum absolute atomic E-state index is 0.0437. The summed E-state index contributed by atoms with van der Waals surface area (Å²) in [5.74, 6) is 0.256. The van der Waals surface area contributed by atoms with Crippen molar-refractivity contribution >= 4 is 9.84 Å². The van der Waals surface area contributed by atoms with Gasteiger partial charge in [-0.15, -0.1) is 6.58 Å². The molecule has 4 heteroatoms. The smallest absolute Gasteiger partial charge is 0.147 e. The zero-order chi connectivity index (χ0) is 13.7. The van der Waals surface area contributed by atoms with Crippen molar-refractivity contribution in [1.29, 1.82) is 0 Å². The molecule has 0 aromatic carbocycles. The van der Waals surface area contributed by atoms with Crippen molar-refractivity contribution in [3.8, 4) is 0 Å². The molecular formula is C13H27NO2S. The maximum absolute atomic E-state index is 11.1. The monoisotopic (exact) mass is 261 g/mol. The van der Waals surface area contributed by atoms with Crippen molar-refractivity contribution in [2.75, 3.05) is 18.6 Å². The normalized spacial score (nSPS) is 16.5. The molecule has 1 unspecified atom stereocenters. The number of rotatable bonds is 7. The molecule has 0 fully saturated rings. The Balaban J connectivity index is 4.24. The molecule has 0 saturated carbocycles. The Kier molecular flexibility index (Phi) is 5.88. The van der Waals surface area contributed by atoms with Gasteiger partial charge >= 0.3 is 0 Å². The highest BCUT2D eigenvalue weighted by Crippen LogP contribution is 2.24. The zero-order valence-electron chi connectivity index (χ0n) is 11.8. The average Bonchev–Trinajstić information content (AvgIpc) is 2.12. The van der Waals surface area contributed by atoms with E-state index in [1.165, 1.54) is 6.26 Å². The molecule has 0 amide bonds. The summed E-state index contributed by atoms with van der Waals surface area (Å²) in [6.07, 6.45) is 4.74. The fourth-order valence-corrected chi connectivity index (χ4v) is 2.14. The highest BCUT2D eigenvalue weighted by Gasteiger charge is 2.22. The number of hydrogen-bond donors (Lipinski definition) is 1. The fraction of sp³-hybridized carbons (Fsp3) is 0.846. The number of sulfone groups is 1. The first-order valence-electron chi connectivity index (χ1n) is 6.04. The van der Waals surface area contributed by atoms with Crippen molar-refractivity contribution in [2.24, 2.45) is 5.41 Å². The number of nitrogens with one attached hydrogen (secondary N) is 1. The Morgan fingerprint density at radius 3 is 2.12 bits per heavy atom. The van der Waals surface area contributed by atoms with Gasteiger partial charge in [0.1, 0.15) is 9.84 Å². The molecule has 3 nitrogen and oxygen atoms in total. The van der Waals surface area contributed by atoms with Gasteiger partial charge in [-0.05, 0) is 39.0 Å². The molecule has 0 rings (SSSR count). The first-order valence-corrected chi connectivity index (χ1v) is 8.10. The molecule has 0 aliphatic heterocycles. The molecule has 0 aliphatic carbocycles. The van der Waals surface area contributed by atoms with Gasteiger partial charge in [-0.1, -0.05) is 13.0 Å². The van der Waals surface area contributed by atoms with Gasteiger partial charge < -0.3 is 5.32 Å². The largest absolute Gasteiger partial charge is 0.311 e. The van der Waals surface area contributed by atoms with E-state index in [0.29, 0.717) is 6.42 Å². The van der Waals surface area contributed by atoms with Crippen LogP contribution in [-0.2, 0) is 9.84 Å². The van der Waals surface area contributed by atoms with Crippen molar-refractivity contribution in [2.45, 2.75) is 46.1 Å². The summed E-state index contributed by atoms with van der Waals surface area (Å²) in [6, 6.07) is 0. The summed E-state index contributed by atoms with van der Waals surface area (Å²) < 4.78 is 22.2. The van der Waals surface area contributed by atoms with Gasteiger partial charge in [0.2, 0.25) is 0 Å². The highest BCUT2D eigenvalue weighted by atomic mass is 32.2. The lowest BCUT2D eigenvalue weighted by Gasteiger charge is -2.31. The molecule has 0 aromatic rings. The van der Waals surface area contributed by atoms with E-state index in [1.807, 2.05) is 6.08 Å². The van der Waals surface area contributed by atoms with Gasteiger partial charge in [-0.3, -0.25) is 0 Å². The lowest BCUT2D eigenvalue weighted by Crippen LogP contribution is -2.42. The second-order valence-electron chi connectivity index (χ2n) is 6.20. The van der Waals surface area contributed by atoms with Crippen LogP contribution in [0.25, 0.3) is 0 Å². The van der Waals surface area contributed by atoms with E-state index in [4.69, 9.17) is 0 Å². The second-order valence-corrected chi connectivity index (χ2v) is 8.45. The third-order valence-corrected chi connectivity index (χ3v) is 3.81. The molecule has 0 saturated heterocycles. The highest BCUT2D eigenvalue weighted by molar-refractivity contribution is 7.90. The quantitative estimate of drug-likeness (QED) is 0.716. The van der Waals surface area contributed by atoms with Gasteiger partial charge in [0, 0.05) is 24.1 Å². The molecular weight excluding hydrogens is 234 g/mol. The van der Waals surface area contributed by atoms with Crippen LogP contribution in [0.1, 0.15) is 40.5 Å². The van der Waals surface area contributed by atoms with Gasteiger partial charge in [-0.2, -0.15) is 0 Å². The Bertz CT molecular complexity index is 341. The first-order chi connectivity index (χ1) is 7.47. The van der Waals surface area contributed by atoms with Gasteiger partial charge in [0.15, 0.2) is 0 Å². The summed E-state index contributed by atoms with van der Waals surface area (Å²) in [4.78, 5) is 0. The summed E-state index contributed by atoms with van der Waals surface area (Å²) in [5.41, 5.74) is 0.0269. The lowest BCUT2D eigenvalue weighted by molar-refractivity contribution is 0.306. The minimum atomic E-state index is -2.85. The molecule has 0 spiro atoms. The van der Waals surface area contributed by atoms with Crippen molar-refractivity contribution in [1.82, 2.24) is 5.32 Å². The Labute approximate surface area is 107 Å². The summed E-state index contributed by atoms with van der Waals surface area (Å²) in [5, 5.41) is 3.44. The van der Waals surface area contributed by atoms with Gasteiger partial charge in [0.25, 0.3) is 0 Å². The van der Waals surface area contributed by atoms with Crippen LogP contribution in [0, 0.1) is 5.41 Å². The van der Waals surface area contributed by atoms with Gasteiger partial charge in [-0.25, -0.2) is 8.42 Å². The van der Waals surface area contributed by atoms with Crippen LogP contribution in [0.5, 0.6) is 0 Å². The van der Waals surface area contributed by atoms with Crippen molar-refractivity contribution in [3.63, 3.8) is 0 Å². The molecule has 102 valence electrons. The molecule has 0 aliphatic rings. The molecule has 0 bridgehead atoms. The van der Waals surface area contributed by atoms with E-state index in [9.17, 15) is 8.42 Å². The molecule has 1 atom stereocenters. The van der Waals surface area contributed by atoms with Crippen LogP contribution in [0.15, 0.2) is 12.7 Å². The number of hydrogen-bond acceptors (Lipinski definition) is 3. The minimum Gasteiger partial charge on any atom is -0.311 e. The molecule has 0 radical (unpaired) electrons. The van der Waals surface area contributed by atoms with Crippen LogP contribution in [0.4, 0.5) is 0 Å². The van der Waals surface area contributed by atoms with Crippen molar-refractivity contribution in [3.05, 3.63) is 12.7 Å². The van der Waals surface area contributed by atoms with Crippen LogP contribution in [-0.4, -0.2) is 32.5 Å². The maximum atomic E-state index is 11.1. The Hall–Kier alpha value is -0.350. The molecule has 0 aromatic heterocycles. The Morgan fingerprint density at radius 2 is 1.76 bits per heavy atom. The fourth-order valence-electron chi connectivity index (χ4n) is 1.47. The summed E-state index contributed by atoms with van der Waals surface area (Å²) >= 11 is 0. The maximum Gasteiger partial charge on any atom is 0.147 e. The molecule has 0 heterocycles. The first kappa shape index (κ1) is 16.6. The zero-order valence-corrected chi connectivity index (χ0v) is 12.7. The van der Waals surface area contributed by atoms with E-state index < -0.39 is 9.84 Å². The van der Waals surface area contributed by atoms with Crippen LogP contribution in [0.2, 0.25) is 0 Å². The predicted molar refractivity (Wildman–Crippen MR) is 75.0 cm³/mol. The average molecular weight is 261 g/mol. The Morgan fingerprint density at radius 1 is 1.24 bits per heavy atom. The van der Waals surface area contributed by atoms with Crippen LogP contribution in [0.3, 0.4) is 0 Å². The van der Waals surface area contributed by atoms with E-state index >= 15 is 0 Å². The standard InChI is InChI=1S/C13H27NO2S/c1-7-13(5,11-14-12(2,3)4)9-8-10-17(6,15)16/h7,14H,1,8-11H2,2-6H3. The topological polar surface area (TPSA) is 46.2 Å². The molecule has 1 N–H and O–H groups in total. The van der Waals surface area contributed by atoms with Crippen LogP contribution >= 0.6 is 0 Å². The van der Waals surface area contributed by atoms with E-state index in [2.05, 4.69) is 39.6 Å². The third kappa shape index (κ3) is 9.36. The van der Waals surface area contributed by atoms with E-state index in [0.717, 1.165) is 13.0 Å². The SMILES string of the molecule is C=CC(C)(CCCS(C)(=O)=O)CNC(C)(C)C. The predicted octanol–water partition coefficient (Wildman–Crippen LogP) is 2.39. The third-order valence-electron chi connectivity index (χ3n) is 2.78.